The molecule has 2 aliphatic heterocycles. The highest BCUT2D eigenvalue weighted by atomic mass is 16.2. The lowest BCUT2D eigenvalue weighted by molar-refractivity contribution is -0.125. The van der Waals surface area contributed by atoms with Crippen molar-refractivity contribution in [3.63, 3.8) is 0 Å². The summed E-state index contributed by atoms with van der Waals surface area (Å²) in [6, 6.07) is 7.01. The van der Waals surface area contributed by atoms with Gasteiger partial charge in [0.1, 0.15) is 6.04 Å². The Bertz CT molecular complexity index is 611. The smallest absolute Gasteiger partial charge is 0.247 e. The van der Waals surface area contributed by atoms with Crippen molar-refractivity contribution in [2.75, 3.05) is 36.8 Å². The summed E-state index contributed by atoms with van der Waals surface area (Å²) < 4.78 is 0. The van der Waals surface area contributed by atoms with Crippen molar-refractivity contribution in [2.45, 2.75) is 38.6 Å². The average Bonchev–Trinajstić information content (AvgIpc) is 2.61. The maximum Gasteiger partial charge on any atom is 0.247 e. The second kappa shape index (κ2) is 8.34. The second-order valence-corrected chi connectivity index (χ2v) is 7.16. The standard InChI is InChI=1S/C19H28N4O2/c1-14-7-11-23(12-8-14)10-4-9-20-18(24)13-17-19(25)22-16-6-3-2-5-15(16)21-17/h2-3,5-6,14,17,21H,4,7-13H2,1H3,(H,20,24)(H,22,25). The molecule has 2 amide bonds. The molecule has 0 bridgehead atoms. The summed E-state index contributed by atoms with van der Waals surface area (Å²) >= 11 is 0. The van der Waals surface area contributed by atoms with E-state index in [1.54, 1.807) is 0 Å². The number of carbonyl (C=O) groups is 2. The molecular formula is C19H28N4O2. The predicted molar refractivity (Wildman–Crippen MR) is 99.6 cm³/mol. The monoisotopic (exact) mass is 344 g/mol. The molecule has 1 unspecified atom stereocenters. The molecule has 3 N–H and O–H groups in total. The summed E-state index contributed by atoms with van der Waals surface area (Å²) in [4.78, 5) is 26.7. The minimum absolute atomic E-state index is 0.0840. The molecule has 3 rings (SSSR count). The molecule has 0 spiro atoms. The third-order valence-corrected chi connectivity index (χ3v) is 5.07. The third-order valence-electron chi connectivity index (χ3n) is 5.07. The lowest BCUT2D eigenvalue weighted by Crippen LogP contribution is -2.42. The van der Waals surface area contributed by atoms with E-state index in [4.69, 9.17) is 0 Å². The Morgan fingerprint density at radius 2 is 1.96 bits per heavy atom. The molecule has 2 heterocycles. The van der Waals surface area contributed by atoms with E-state index in [1.165, 1.54) is 25.9 Å². The van der Waals surface area contributed by atoms with Crippen molar-refractivity contribution in [1.82, 2.24) is 10.2 Å². The number of nitrogens with one attached hydrogen (secondary N) is 3. The van der Waals surface area contributed by atoms with Gasteiger partial charge in [0.05, 0.1) is 17.8 Å². The molecule has 136 valence electrons. The van der Waals surface area contributed by atoms with Crippen molar-refractivity contribution in [1.29, 1.82) is 0 Å². The Hall–Kier alpha value is -2.08. The first-order valence-corrected chi connectivity index (χ1v) is 9.27. The van der Waals surface area contributed by atoms with Gasteiger partial charge in [0, 0.05) is 6.54 Å². The molecule has 2 aliphatic rings. The highest BCUT2D eigenvalue weighted by Crippen LogP contribution is 2.26. The minimum atomic E-state index is -0.515. The molecule has 6 heteroatoms. The fourth-order valence-corrected chi connectivity index (χ4v) is 3.41. The van der Waals surface area contributed by atoms with E-state index in [0.717, 1.165) is 30.3 Å². The van der Waals surface area contributed by atoms with Crippen molar-refractivity contribution in [3.05, 3.63) is 24.3 Å². The predicted octanol–water partition coefficient (Wildman–Crippen LogP) is 2.05. The number of piperidine rings is 1. The van der Waals surface area contributed by atoms with Gasteiger partial charge in [-0.05, 0) is 56.9 Å². The van der Waals surface area contributed by atoms with E-state index in [9.17, 15) is 9.59 Å². The number of hydrogen-bond acceptors (Lipinski definition) is 4. The Morgan fingerprint density at radius 3 is 2.72 bits per heavy atom. The zero-order valence-electron chi connectivity index (χ0n) is 14.9. The van der Waals surface area contributed by atoms with Crippen molar-refractivity contribution < 1.29 is 9.59 Å². The van der Waals surface area contributed by atoms with E-state index in [1.807, 2.05) is 24.3 Å². The van der Waals surface area contributed by atoms with Crippen LogP contribution in [0.4, 0.5) is 11.4 Å². The van der Waals surface area contributed by atoms with Crippen LogP contribution < -0.4 is 16.0 Å². The fraction of sp³-hybridized carbons (Fsp3) is 0.579. The minimum Gasteiger partial charge on any atom is -0.372 e. The van der Waals surface area contributed by atoms with E-state index in [2.05, 4.69) is 27.8 Å². The van der Waals surface area contributed by atoms with Gasteiger partial charge in [-0.25, -0.2) is 0 Å². The van der Waals surface area contributed by atoms with Crippen LogP contribution in [0, 0.1) is 5.92 Å². The number of benzene rings is 1. The first-order valence-electron chi connectivity index (χ1n) is 9.27. The lowest BCUT2D eigenvalue weighted by Gasteiger charge is -2.30. The molecule has 1 saturated heterocycles. The van der Waals surface area contributed by atoms with Crippen molar-refractivity contribution >= 4 is 23.2 Å². The lowest BCUT2D eigenvalue weighted by atomic mass is 9.99. The van der Waals surface area contributed by atoms with Gasteiger partial charge in [-0.2, -0.15) is 0 Å². The molecule has 0 aliphatic carbocycles. The molecule has 0 aromatic heterocycles. The number of fused-ring (bicyclic) bond motifs is 1. The normalized spacial score (nSPS) is 21.2. The molecule has 0 saturated carbocycles. The van der Waals surface area contributed by atoms with E-state index in [0.29, 0.717) is 6.54 Å². The quantitative estimate of drug-likeness (QED) is 0.691. The van der Waals surface area contributed by atoms with Gasteiger partial charge in [0.25, 0.3) is 0 Å². The zero-order valence-corrected chi connectivity index (χ0v) is 14.9. The third kappa shape index (κ3) is 4.95. The van der Waals surface area contributed by atoms with Gasteiger partial charge in [0.15, 0.2) is 0 Å². The molecule has 1 fully saturated rings. The summed E-state index contributed by atoms with van der Waals surface area (Å²) in [5, 5.41) is 8.92. The largest absolute Gasteiger partial charge is 0.372 e. The van der Waals surface area contributed by atoms with Crippen LogP contribution in [0.15, 0.2) is 24.3 Å². The van der Waals surface area contributed by atoms with Crippen LogP contribution in [0.1, 0.15) is 32.6 Å². The Kier molecular flexibility index (Phi) is 5.91. The van der Waals surface area contributed by atoms with Gasteiger partial charge in [0.2, 0.25) is 11.8 Å². The summed E-state index contributed by atoms with van der Waals surface area (Å²) in [7, 11) is 0. The molecule has 6 nitrogen and oxygen atoms in total. The van der Waals surface area contributed by atoms with Crippen molar-refractivity contribution in [3.8, 4) is 0 Å². The number of nitrogens with zero attached hydrogens (tertiary/aromatic N) is 1. The molecular weight excluding hydrogens is 316 g/mol. The van der Waals surface area contributed by atoms with Crippen LogP contribution in [-0.4, -0.2) is 48.9 Å². The summed E-state index contributed by atoms with van der Waals surface area (Å²) in [5.74, 6) is 0.603. The molecule has 1 atom stereocenters. The summed E-state index contributed by atoms with van der Waals surface area (Å²) in [5.41, 5.74) is 1.62. The Balaban J connectivity index is 1.36. The van der Waals surface area contributed by atoms with Crippen LogP contribution in [-0.2, 0) is 9.59 Å². The number of para-hydroxylation sites is 2. The number of carbonyl (C=O) groups excluding carboxylic acids is 2. The van der Waals surface area contributed by atoms with Crippen LogP contribution in [0.5, 0.6) is 0 Å². The first-order chi connectivity index (χ1) is 12.1. The van der Waals surface area contributed by atoms with E-state index >= 15 is 0 Å². The molecule has 1 aromatic carbocycles. The van der Waals surface area contributed by atoms with Crippen LogP contribution in [0.2, 0.25) is 0 Å². The fourth-order valence-electron chi connectivity index (χ4n) is 3.41. The van der Waals surface area contributed by atoms with Gasteiger partial charge < -0.3 is 20.9 Å². The van der Waals surface area contributed by atoms with Crippen LogP contribution in [0.25, 0.3) is 0 Å². The molecule has 25 heavy (non-hydrogen) atoms. The topological polar surface area (TPSA) is 73.5 Å². The number of anilines is 2. The number of rotatable bonds is 6. The van der Waals surface area contributed by atoms with Crippen molar-refractivity contribution in [2.24, 2.45) is 5.92 Å². The van der Waals surface area contributed by atoms with Gasteiger partial charge >= 0.3 is 0 Å². The van der Waals surface area contributed by atoms with Crippen LogP contribution >= 0.6 is 0 Å². The maximum absolute atomic E-state index is 12.1. The summed E-state index contributed by atoms with van der Waals surface area (Å²) in [6.07, 6.45) is 3.65. The van der Waals surface area contributed by atoms with Gasteiger partial charge in [-0.15, -0.1) is 0 Å². The zero-order chi connectivity index (χ0) is 17.6. The highest BCUT2D eigenvalue weighted by Gasteiger charge is 2.27. The van der Waals surface area contributed by atoms with E-state index in [-0.39, 0.29) is 18.2 Å². The average molecular weight is 344 g/mol. The number of likely N-dealkylation sites (tertiary alicyclic amines) is 1. The summed E-state index contributed by atoms with van der Waals surface area (Å²) in [6.45, 7) is 6.34. The first kappa shape index (κ1) is 17.7. The SMILES string of the molecule is CC1CCN(CCCNC(=O)CC2Nc3ccccc3NC2=O)CC1. The number of hydrogen-bond donors (Lipinski definition) is 3. The van der Waals surface area contributed by atoms with Crippen LogP contribution in [0.3, 0.4) is 0 Å². The molecule has 1 aromatic rings. The Morgan fingerprint density at radius 1 is 1.24 bits per heavy atom. The maximum atomic E-state index is 12.1. The van der Waals surface area contributed by atoms with Gasteiger partial charge in [-0.3, -0.25) is 9.59 Å². The van der Waals surface area contributed by atoms with E-state index < -0.39 is 6.04 Å². The number of amides is 2. The highest BCUT2D eigenvalue weighted by molar-refractivity contribution is 6.04. The Labute approximate surface area is 149 Å². The second-order valence-electron chi connectivity index (χ2n) is 7.16. The van der Waals surface area contributed by atoms with Gasteiger partial charge in [-0.1, -0.05) is 19.1 Å². The molecule has 0 radical (unpaired) electrons.